The Morgan fingerprint density at radius 1 is 1.15 bits per heavy atom. The summed E-state index contributed by atoms with van der Waals surface area (Å²) in [7, 11) is 0. The van der Waals surface area contributed by atoms with Gasteiger partial charge in [-0.3, -0.25) is 0 Å². The van der Waals surface area contributed by atoms with Crippen molar-refractivity contribution in [1.82, 2.24) is 0 Å². The molecule has 0 amide bonds. The fourth-order valence-electron chi connectivity index (χ4n) is 1.95. The molecule has 0 aliphatic carbocycles. The molecule has 3 N–H and O–H groups in total. The first-order valence-corrected chi connectivity index (χ1v) is 6.98. The van der Waals surface area contributed by atoms with E-state index in [-0.39, 0.29) is 17.7 Å². The summed E-state index contributed by atoms with van der Waals surface area (Å²) in [6, 6.07) is 9.38. The van der Waals surface area contributed by atoms with Crippen LogP contribution in [0, 0.1) is 18.6 Å². The molecule has 0 saturated carbocycles. The molecule has 0 heterocycles. The summed E-state index contributed by atoms with van der Waals surface area (Å²) >= 11 is 3.14. The molecule has 5 heteroatoms. The molecule has 0 bridgehead atoms. The zero-order chi connectivity index (χ0) is 14.7. The molecule has 0 aliphatic rings. The normalized spacial score (nSPS) is 12.2. The quantitative estimate of drug-likeness (QED) is 0.877. The van der Waals surface area contributed by atoms with E-state index >= 15 is 0 Å². The number of nitrogens with two attached hydrogens (primary N) is 1. The van der Waals surface area contributed by atoms with E-state index in [0.717, 1.165) is 11.3 Å². The molecule has 0 aliphatic heterocycles. The van der Waals surface area contributed by atoms with Crippen LogP contribution >= 0.6 is 15.9 Å². The Kier molecular flexibility index (Phi) is 4.73. The molecule has 1 atom stereocenters. The van der Waals surface area contributed by atoms with Gasteiger partial charge in [-0.1, -0.05) is 12.1 Å². The van der Waals surface area contributed by atoms with Crippen molar-refractivity contribution >= 4 is 21.6 Å². The van der Waals surface area contributed by atoms with Crippen LogP contribution in [0.3, 0.4) is 0 Å². The third-order valence-corrected chi connectivity index (χ3v) is 3.69. The maximum atomic E-state index is 13.3. The largest absolute Gasteiger partial charge is 0.377 e. The number of aryl methyl sites for hydroxylation is 1. The van der Waals surface area contributed by atoms with Crippen molar-refractivity contribution in [2.24, 2.45) is 5.73 Å². The second kappa shape index (κ2) is 6.33. The van der Waals surface area contributed by atoms with Crippen LogP contribution in [-0.4, -0.2) is 6.54 Å². The van der Waals surface area contributed by atoms with Crippen molar-refractivity contribution in [2.45, 2.75) is 13.0 Å². The van der Waals surface area contributed by atoms with E-state index in [1.165, 1.54) is 12.1 Å². The first kappa shape index (κ1) is 14.9. The van der Waals surface area contributed by atoms with E-state index in [2.05, 4.69) is 21.2 Å². The van der Waals surface area contributed by atoms with Gasteiger partial charge in [0.2, 0.25) is 0 Å². The summed E-state index contributed by atoms with van der Waals surface area (Å²) in [6.07, 6.45) is 0. The number of nitrogens with one attached hydrogen (secondary N) is 1. The molecule has 2 nitrogen and oxygen atoms in total. The molecule has 0 fully saturated rings. The molecular weight excluding hydrogens is 326 g/mol. The van der Waals surface area contributed by atoms with E-state index in [4.69, 9.17) is 5.73 Å². The highest BCUT2D eigenvalue weighted by Gasteiger charge is 2.12. The molecule has 0 saturated heterocycles. The van der Waals surface area contributed by atoms with Gasteiger partial charge in [0.15, 0.2) is 0 Å². The number of benzene rings is 2. The topological polar surface area (TPSA) is 38.0 Å². The van der Waals surface area contributed by atoms with Gasteiger partial charge in [0.05, 0.1) is 10.5 Å². The first-order chi connectivity index (χ1) is 9.51. The van der Waals surface area contributed by atoms with E-state index < -0.39 is 0 Å². The molecular formula is C15H15BrF2N2. The summed E-state index contributed by atoms with van der Waals surface area (Å²) in [5.41, 5.74) is 7.98. The summed E-state index contributed by atoms with van der Waals surface area (Å²) in [5, 5.41) is 3.22. The van der Waals surface area contributed by atoms with Gasteiger partial charge >= 0.3 is 0 Å². The van der Waals surface area contributed by atoms with Gasteiger partial charge in [-0.2, -0.15) is 0 Å². The number of halogens is 3. The third kappa shape index (κ3) is 3.35. The lowest BCUT2D eigenvalue weighted by Gasteiger charge is -2.19. The van der Waals surface area contributed by atoms with Gasteiger partial charge in [0.1, 0.15) is 11.6 Å². The van der Waals surface area contributed by atoms with Crippen LogP contribution in [0.5, 0.6) is 0 Å². The Balaban J connectivity index is 2.23. The standard InChI is InChI=1S/C15H15BrF2N2/c1-9-6-10(2-4-13(9)17)15(8-19)20-11-3-5-14(18)12(16)7-11/h2-7,15,20H,8,19H2,1H3. The summed E-state index contributed by atoms with van der Waals surface area (Å²) in [4.78, 5) is 0. The Bertz CT molecular complexity index is 617. The Morgan fingerprint density at radius 3 is 2.45 bits per heavy atom. The SMILES string of the molecule is Cc1cc(C(CN)Nc2ccc(F)c(Br)c2)ccc1F. The van der Waals surface area contributed by atoms with Crippen LogP contribution < -0.4 is 11.1 Å². The Labute approximate surface area is 125 Å². The smallest absolute Gasteiger partial charge is 0.137 e. The number of rotatable bonds is 4. The molecule has 20 heavy (non-hydrogen) atoms. The van der Waals surface area contributed by atoms with Crippen LogP contribution in [-0.2, 0) is 0 Å². The maximum absolute atomic E-state index is 13.3. The second-order valence-corrected chi connectivity index (χ2v) is 5.42. The van der Waals surface area contributed by atoms with E-state index in [0.29, 0.717) is 16.6 Å². The zero-order valence-electron chi connectivity index (χ0n) is 11.0. The van der Waals surface area contributed by atoms with Crippen molar-refractivity contribution in [1.29, 1.82) is 0 Å². The predicted octanol–water partition coefficient (Wildman–Crippen LogP) is 4.15. The molecule has 106 valence electrons. The van der Waals surface area contributed by atoms with E-state index in [1.807, 2.05) is 0 Å². The summed E-state index contributed by atoms with van der Waals surface area (Å²) < 4.78 is 26.9. The van der Waals surface area contributed by atoms with Gasteiger partial charge in [0.25, 0.3) is 0 Å². The minimum atomic E-state index is -0.322. The molecule has 0 spiro atoms. The highest BCUT2D eigenvalue weighted by atomic mass is 79.9. The van der Waals surface area contributed by atoms with Crippen molar-refractivity contribution in [3.05, 3.63) is 63.6 Å². The first-order valence-electron chi connectivity index (χ1n) is 6.19. The van der Waals surface area contributed by atoms with Gasteiger partial charge in [-0.15, -0.1) is 0 Å². The zero-order valence-corrected chi connectivity index (χ0v) is 12.5. The Hall–Kier alpha value is -1.46. The van der Waals surface area contributed by atoms with Crippen molar-refractivity contribution < 1.29 is 8.78 Å². The highest BCUT2D eigenvalue weighted by Crippen LogP contribution is 2.24. The highest BCUT2D eigenvalue weighted by molar-refractivity contribution is 9.10. The maximum Gasteiger partial charge on any atom is 0.137 e. The molecule has 0 radical (unpaired) electrons. The van der Waals surface area contributed by atoms with Crippen LogP contribution in [0.2, 0.25) is 0 Å². The van der Waals surface area contributed by atoms with E-state index in [1.54, 1.807) is 31.2 Å². The Morgan fingerprint density at radius 2 is 1.85 bits per heavy atom. The van der Waals surface area contributed by atoms with Gasteiger partial charge in [0, 0.05) is 12.2 Å². The van der Waals surface area contributed by atoms with Gasteiger partial charge < -0.3 is 11.1 Å². The van der Waals surface area contributed by atoms with Crippen molar-refractivity contribution in [3.8, 4) is 0 Å². The fourth-order valence-corrected chi connectivity index (χ4v) is 2.33. The van der Waals surface area contributed by atoms with Crippen LogP contribution in [0.15, 0.2) is 40.9 Å². The minimum absolute atomic E-state index is 0.160. The minimum Gasteiger partial charge on any atom is -0.377 e. The third-order valence-electron chi connectivity index (χ3n) is 3.08. The molecule has 0 aromatic heterocycles. The van der Waals surface area contributed by atoms with Gasteiger partial charge in [-0.25, -0.2) is 8.78 Å². The van der Waals surface area contributed by atoms with Crippen molar-refractivity contribution in [2.75, 3.05) is 11.9 Å². The van der Waals surface area contributed by atoms with Crippen LogP contribution in [0.1, 0.15) is 17.2 Å². The lowest BCUT2D eigenvalue weighted by atomic mass is 10.0. The molecule has 2 rings (SSSR count). The second-order valence-electron chi connectivity index (χ2n) is 4.57. The van der Waals surface area contributed by atoms with E-state index in [9.17, 15) is 8.78 Å². The summed E-state index contributed by atoms with van der Waals surface area (Å²) in [6.45, 7) is 2.06. The number of hydrogen-bond acceptors (Lipinski definition) is 2. The molecule has 1 unspecified atom stereocenters. The van der Waals surface area contributed by atoms with Crippen LogP contribution in [0.4, 0.5) is 14.5 Å². The average molecular weight is 341 g/mol. The number of hydrogen-bond donors (Lipinski definition) is 2. The molecule has 2 aromatic rings. The van der Waals surface area contributed by atoms with Gasteiger partial charge in [-0.05, 0) is 58.2 Å². The lowest BCUT2D eigenvalue weighted by Crippen LogP contribution is -2.20. The predicted molar refractivity (Wildman–Crippen MR) is 80.7 cm³/mol. The average Bonchev–Trinajstić information content (AvgIpc) is 2.43. The van der Waals surface area contributed by atoms with Crippen LogP contribution in [0.25, 0.3) is 0 Å². The van der Waals surface area contributed by atoms with Crippen molar-refractivity contribution in [3.63, 3.8) is 0 Å². The summed E-state index contributed by atoms with van der Waals surface area (Å²) in [5.74, 6) is -0.563. The number of anilines is 1. The lowest BCUT2D eigenvalue weighted by molar-refractivity contribution is 0.616. The monoisotopic (exact) mass is 340 g/mol. The molecule has 2 aromatic carbocycles. The fraction of sp³-hybridized carbons (Fsp3) is 0.200.